The summed E-state index contributed by atoms with van der Waals surface area (Å²) in [6, 6.07) is 0. The van der Waals surface area contributed by atoms with Crippen molar-refractivity contribution in [3.8, 4) is 0 Å². The van der Waals surface area contributed by atoms with Crippen LogP contribution in [0.25, 0.3) is 0 Å². The maximum Gasteiger partial charge on any atom is 0.507 e. The molecule has 0 radical (unpaired) electrons. The molecule has 0 aliphatic carbocycles. The molecule has 0 saturated heterocycles. The summed E-state index contributed by atoms with van der Waals surface area (Å²) >= 11 is 0. The smallest absolute Gasteiger partial charge is 0.389 e. The van der Waals surface area contributed by atoms with Crippen molar-refractivity contribution in [1.82, 2.24) is 4.90 Å². The van der Waals surface area contributed by atoms with Crippen molar-refractivity contribution in [1.29, 1.82) is 0 Å². The third kappa shape index (κ3) is 10.8. The van der Waals surface area contributed by atoms with Crippen LogP contribution in [0, 0.1) is 0 Å². The summed E-state index contributed by atoms with van der Waals surface area (Å²) in [5, 5.41) is 0. The summed E-state index contributed by atoms with van der Waals surface area (Å²) in [6.07, 6.45) is -2.71. The second-order valence-electron chi connectivity index (χ2n) is 3.47. The van der Waals surface area contributed by atoms with Crippen LogP contribution in [0.15, 0.2) is 0 Å². The fraction of sp³-hybridized carbons (Fsp3) is 1.00. The van der Waals surface area contributed by atoms with Crippen LogP contribution in [0.2, 0.25) is 0 Å². The fourth-order valence-corrected chi connectivity index (χ4v) is 4.21. The van der Waals surface area contributed by atoms with Crippen LogP contribution in [0.1, 0.15) is 0 Å². The number of rotatable bonds is 6. The van der Waals surface area contributed by atoms with Crippen LogP contribution in [0.3, 0.4) is 0 Å². The Labute approximate surface area is 93.6 Å². The fourth-order valence-electron chi connectivity index (χ4n) is 1.07. The van der Waals surface area contributed by atoms with E-state index < -0.39 is 44.9 Å². The SMILES string of the molecule is O[Si](O)(O)CN(C[Si](O)(O)O)C[Si](O)(O)O. The Hall–Kier alpha value is 0.251. The van der Waals surface area contributed by atoms with E-state index >= 15 is 0 Å². The van der Waals surface area contributed by atoms with E-state index in [1.54, 1.807) is 0 Å². The molecule has 9 N–H and O–H groups in total. The highest BCUT2D eigenvalue weighted by Crippen LogP contribution is 2.02. The first-order valence-corrected chi connectivity index (χ1v) is 10.2. The average molecular weight is 293 g/mol. The van der Waals surface area contributed by atoms with E-state index in [4.69, 9.17) is 43.2 Å². The second kappa shape index (κ2) is 5.27. The molecule has 0 aliphatic heterocycles. The van der Waals surface area contributed by atoms with Crippen LogP contribution in [0.4, 0.5) is 0 Å². The van der Waals surface area contributed by atoms with E-state index in [-0.39, 0.29) is 0 Å². The summed E-state index contributed by atoms with van der Waals surface area (Å²) in [7, 11) is -13.8. The highest BCUT2D eigenvalue weighted by molar-refractivity contribution is 6.59. The molecule has 0 aromatic heterocycles. The first kappa shape index (κ1) is 16.3. The van der Waals surface area contributed by atoms with E-state index in [9.17, 15) is 0 Å². The van der Waals surface area contributed by atoms with Crippen LogP contribution < -0.4 is 0 Å². The monoisotopic (exact) mass is 293 g/mol. The Morgan fingerprint density at radius 1 is 0.500 bits per heavy atom. The zero-order chi connectivity index (χ0) is 13.2. The summed E-state index contributed by atoms with van der Waals surface area (Å²) in [5.74, 6) is 0. The number of hydrogen-bond donors (Lipinski definition) is 9. The zero-order valence-electron chi connectivity index (χ0n) is 8.09. The maximum absolute atomic E-state index is 8.73. The molecule has 0 saturated carbocycles. The van der Waals surface area contributed by atoms with Crippen molar-refractivity contribution in [3.63, 3.8) is 0 Å². The lowest BCUT2D eigenvalue weighted by Gasteiger charge is -2.28. The van der Waals surface area contributed by atoms with E-state index in [0.29, 0.717) is 4.90 Å². The van der Waals surface area contributed by atoms with Gasteiger partial charge in [0.1, 0.15) is 0 Å². The first-order valence-electron chi connectivity index (χ1n) is 4.02. The van der Waals surface area contributed by atoms with Crippen molar-refractivity contribution in [3.05, 3.63) is 0 Å². The average Bonchev–Trinajstić information content (AvgIpc) is 1.70. The Morgan fingerprint density at radius 3 is 0.812 bits per heavy atom. The van der Waals surface area contributed by atoms with Gasteiger partial charge in [-0.05, 0) is 0 Å². The van der Waals surface area contributed by atoms with Crippen molar-refractivity contribution in [2.75, 3.05) is 18.5 Å². The molecule has 0 rings (SSSR count). The van der Waals surface area contributed by atoms with Crippen molar-refractivity contribution in [2.24, 2.45) is 0 Å². The predicted octanol–water partition coefficient (Wildman–Crippen LogP) is -6.35. The van der Waals surface area contributed by atoms with Gasteiger partial charge in [-0.1, -0.05) is 0 Å². The highest BCUT2D eigenvalue weighted by Gasteiger charge is 2.41. The minimum absolute atomic E-state index is 0.560. The summed E-state index contributed by atoms with van der Waals surface area (Å²) in [5.41, 5.74) is 0. The Kier molecular flexibility index (Phi) is 5.35. The number of nitrogens with zero attached hydrogens (tertiary/aromatic N) is 1. The van der Waals surface area contributed by atoms with E-state index in [1.807, 2.05) is 0 Å². The Balaban J connectivity index is 4.53. The normalized spacial score (nSPS) is 14.6. The van der Waals surface area contributed by atoms with Gasteiger partial charge in [0.15, 0.2) is 0 Å². The van der Waals surface area contributed by atoms with Gasteiger partial charge in [0.05, 0.1) is 18.5 Å². The van der Waals surface area contributed by atoms with Crippen molar-refractivity contribution < 1.29 is 43.2 Å². The highest BCUT2D eigenvalue weighted by atomic mass is 28.4. The topological polar surface area (TPSA) is 185 Å². The lowest BCUT2D eigenvalue weighted by Crippen LogP contribution is -2.60. The van der Waals surface area contributed by atoms with Gasteiger partial charge in [-0.3, -0.25) is 4.90 Å². The Bertz CT molecular complexity index is 179. The van der Waals surface area contributed by atoms with Gasteiger partial charge in [0.2, 0.25) is 0 Å². The predicted molar refractivity (Wildman–Crippen MR) is 53.7 cm³/mol. The summed E-state index contributed by atoms with van der Waals surface area (Å²) < 4.78 is 0. The van der Waals surface area contributed by atoms with E-state index in [0.717, 1.165) is 0 Å². The minimum atomic E-state index is -4.62. The quantitative estimate of drug-likeness (QED) is 0.213. The molecule has 0 atom stereocenters. The van der Waals surface area contributed by atoms with Gasteiger partial charge in [-0.15, -0.1) is 0 Å². The molecule has 0 fully saturated rings. The molecular formula is C3H15NO9Si3. The standard InChI is InChI=1S/C3H15NO9Si3/c5-14(6,7)1-4(2-15(8,9)10)3-16(11,12)13/h5-13H,1-3H2. The van der Waals surface area contributed by atoms with Gasteiger partial charge >= 0.3 is 26.4 Å². The van der Waals surface area contributed by atoms with Crippen LogP contribution in [-0.2, 0) is 0 Å². The third-order valence-electron chi connectivity index (χ3n) is 1.31. The molecule has 0 aliphatic rings. The van der Waals surface area contributed by atoms with Gasteiger partial charge in [-0.2, -0.15) is 0 Å². The first-order chi connectivity index (χ1) is 6.79. The van der Waals surface area contributed by atoms with Gasteiger partial charge in [0.25, 0.3) is 0 Å². The van der Waals surface area contributed by atoms with E-state index in [1.165, 1.54) is 0 Å². The third-order valence-corrected chi connectivity index (χ3v) is 3.92. The van der Waals surface area contributed by atoms with Gasteiger partial charge < -0.3 is 43.2 Å². The summed E-state index contributed by atoms with van der Waals surface area (Å²) in [4.78, 5) is 79.1. The maximum atomic E-state index is 8.73. The molecule has 0 aromatic rings. The molecule has 10 nitrogen and oxygen atoms in total. The molecule has 0 heterocycles. The molecule has 0 bridgehead atoms. The number of hydrogen-bond acceptors (Lipinski definition) is 10. The molecule has 16 heavy (non-hydrogen) atoms. The largest absolute Gasteiger partial charge is 0.507 e. The Morgan fingerprint density at radius 2 is 0.688 bits per heavy atom. The molecule has 0 aromatic carbocycles. The van der Waals surface area contributed by atoms with Gasteiger partial charge in [-0.25, -0.2) is 0 Å². The van der Waals surface area contributed by atoms with E-state index in [2.05, 4.69) is 0 Å². The second-order valence-corrected chi connectivity index (χ2v) is 9.06. The van der Waals surface area contributed by atoms with Crippen molar-refractivity contribution in [2.45, 2.75) is 0 Å². The lowest BCUT2D eigenvalue weighted by molar-refractivity contribution is 0.149. The molecular weight excluding hydrogens is 278 g/mol. The lowest BCUT2D eigenvalue weighted by atomic mass is 11.0. The molecule has 98 valence electrons. The summed E-state index contributed by atoms with van der Waals surface area (Å²) in [6.45, 7) is 0. The molecule has 0 unspecified atom stereocenters. The van der Waals surface area contributed by atoms with Gasteiger partial charge in [0, 0.05) is 0 Å². The van der Waals surface area contributed by atoms with Crippen LogP contribution in [-0.4, -0.2) is 93.0 Å². The van der Waals surface area contributed by atoms with Crippen LogP contribution >= 0.6 is 0 Å². The molecule has 13 heteroatoms. The zero-order valence-corrected chi connectivity index (χ0v) is 11.1. The molecule has 0 spiro atoms. The minimum Gasteiger partial charge on any atom is -0.389 e. The van der Waals surface area contributed by atoms with Crippen LogP contribution in [0.5, 0.6) is 0 Å². The van der Waals surface area contributed by atoms with Crippen molar-refractivity contribution >= 4 is 26.4 Å². The molecule has 0 amide bonds.